The van der Waals surface area contributed by atoms with Crippen LogP contribution < -0.4 is 5.32 Å². The van der Waals surface area contributed by atoms with Gasteiger partial charge in [-0.05, 0) is 50.6 Å². The summed E-state index contributed by atoms with van der Waals surface area (Å²) in [5.41, 5.74) is 3.45. The first kappa shape index (κ1) is 18.3. The number of aromatic nitrogens is 4. The van der Waals surface area contributed by atoms with Crippen LogP contribution in [-0.4, -0.2) is 32.5 Å². The van der Waals surface area contributed by atoms with E-state index in [1.807, 2.05) is 6.20 Å². The molecule has 0 saturated heterocycles. The number of aryl methyl sites for hydroxylation is 2. The standard InChI is InChI=1S/C21H27N5S/c1-15-9-10-18-17(14-15)19(11-13-23-18)22-12-5-8-20-24-25-21(27-2)26(20)16-6-3-4-7-16/h9-11,13-14,16H,3-8,12H2,1-2H3,(H,22,23). The highest BCUT2D eigenvalue weighted by molar-refractivity contribution is 7.98. The first-order valence-electron chi connectivity index (χ1n) is 9.83. The summed E-state index contributed by atoms with van der Waals surface area (Å²) in [5.74, 6) is 1.14. The van der Waals surface area contributed by atoms with Crippen LogP contribution in [0.2, 0.25) is 0 Å². The van der Waals surface area contributed by atoms with Gasteiger partial charge in [0.2, 0.25) is 0 Å². The number of hydrogen-bond donors (Lipinski definition) is 1. The number of fused-ring (bicyclic) bond motifs is 1. The van der Waals surface area contributed by atoms with E-state index in [1.165, 1.54) is 36.6 Å². The van der Waals surface area contributed by atoms with E-state index in [0.717, 1.165) is 41.6 Å². The molecular formula is C21H27N5S. The number of nitrogens with zero attached hydrogens (tertiary/aromatic N) is 4. The molecule has 0 spiro atoms. The van der Waals surface area contributed by atoms with Crippen LogP contribution in [0.5, 0.6) is 0 Å². The molecule has 142 valence electrons. The molecule has 2 heterocycles. The second-order valence-electron chi connectivity index (χ2n) is 7.32. The summed E-state index contributed by atoms with van der Waals surface area (Å²) in [7, 11) is 0. The maximum Gasteiger partial charge on any atom is 0.191 e. The van der Waals surface area contributed by atoms with Gasteiger partial charge in [0, 0.05) is 36.3 Å². The van der Waals surface area contributed by atoms with Crippen molar-refractivity contribution in [2.24, 2.45) is 0 Å². The highest BCUT2D eigenvalue weighted by Gasteiger charge is 2.23. The maximum atomic E-state index is 4.49. The van der Waals surface area contributed by atoms with E-state index in [9.17, 15) is 0 Å². The van der Waals surface area contributed by atoms with Crippen LogP contribution in [-0.2, 0) is 6.42 Å². The fraction of sp³-hybridized carbons (Fsp3) is 0.476. The van der Waals surface area contributed by atoms with Gasteiger partial charge in [-0.3, -0.25) is 4.98 Å². The zero-order valence-corrected chi connectivity index (χ0v) is 16.9. The van der Waals surface area contributed by atoms with Crippen LogP contribution in [0, 0.1) is 6.92 Å². The lowest BCUT2D eigenvalue weighted by Gasteiger charge is -2.16. The Kier molecular flexibility index (Phi) is 5.62. The number of pyridine rings is 1. The first-order valence-corrected chi connectivity index (χ1v) is 11.1. The number of nitrogens with one attached hydrogen (secondary N) is 1. The summed E-state index contributed by atoms with van der Waals surface area (Å²) in [4.78, 5) is 4.46. The van der Waals surface area contributed by atoms with Crippen LogP contribution in [0.15, 0.2) is 35.6 Å². The average Bonchev–Trinajstić information content (AvgIpc) is 3.34. The molecule has 1 aliphatic carbocycles. The largest absolute Gasteiger partial charge is 0.384 e. The molecule has 6 heteroatoms. The van der Waals surface area contributed by atoms with Gasteiger partial charge < -0.3 is 9.88 Å². The Balaban J connectivity index is 1.41. The molecule has 0 radical (unpaired) electrons. The van der Waals surface area contributed by atoms with Crippen LogP contribution in [0.4, 0.5) is 5.69 Å². The molecule has 4 rings (SSSR count). The fourth-order valence-electron chi connectivity index (χ4n) is 4.03. The number of rotatable bonds is 7. The van der Waals surface area contributed by atoms with Crippen LogP contribution in [0.3, 0.4) is 0 Å². The Morgan fingerprint density at radius 2 is 2.04 bits per heavy atom. The van der Waals surface area contributed by atoms with Crippen molar-refractivity contribution in [3.63, 3.8) is 0 Å². The molecule has 2 aromatic heterocycles. The molecule has 0 atom stereocenters. The van der Waals surface area contributed by atoms with Crippen molar-refractivity contribution in [2.75, 3.05) is 18.1 Å². The molecule has 0 bridgehead atoms. The average molecular weight is 382 g/mol. The van der Waals surface area contributed by atoms with Crippen LogP contribution in [0.25, 0.3) is 10.9 Å². The third-order valence-corrected chi connectivity index (χ3v) is 6.04. The molecule has 1 fully saturated rings. The summed E-state index contributed by atoms with van der Waals surface area (Å²) < 4.78 is 2.41. The highest BCUT2D eigenvalue weighted by Crippen LogP contribution is 2.33. The van der Waals surface area contributed by atoms with Crippen LogP contribution >= 0.6 is 11.8 Å². The van der Waals surface area contributed by atoms with E-state index >= 15 is 0 Å². The smallest absolute Gasteiger partial charge is 0.191 e. The van der Waals surface area contributed by atoms with Gasteiger partial charge in [0.1, 0.15) is 5.82 Å². The maximum absolute atomic E-state index is 4.49. The van der Waals surface area contributed by atoms with Gasteiger partial charge in [-0.25, -0.2) is 0 Å². The SMILES string of the molecule is CSc1nnc(CCCNc2ccnc3ccc(C)cc23)n1C1CCCC1. The molecular weight excluding hydrogens is 354 g/mol. The number of benzene rings is 1. The van der Waals surface area contributed by atoms with Crippen molar-refractivity contribution in [1.29, 1.82) is 0 Å². The van der Waals surface area contributed by atoms with Gasteiger partial charge >= 0.3 is 0 Å². The topological polar surface area (TPSA) is 55.6 Å². The molecule has 0 amide bonds. The summed E-state index contributed by atoms with van der Waals surface area (Å²) in [6.07, 6.45) is 11.1. The van der Waals surface area contributed by atoms with E-state index < -0.39 is 0 Å². The minimum absolute atomic E-state index is 0.595. The zero-order valence-electron chi connectivity index (χ0n) is 16.1. The first-order chi connectivity index (χ1) is 13.3. The van der Waals surface area contributed by atoms with Gasteiger partial charge in [-0.15, -0.1) is 10.2 Å². The van der Waals surface area contributed by atoms with E-state index in [0.29, 0.717) is 6.04 Å². The predicted molar refractivity (Wildman–Crippen MR) is 113 cm³/mol. The number of anilines is 1. The Bertz CT molecular complexity index is 914. The molecule has 1 saturated carbocycles. The van der Waals surface area contributed by atoms with Crippen LogP contribution in [0.1, 0.15) is 49.5 Å². The summed E-state index contributed by atoms with van der Waals surface area (Å²) in [6, 6.07) is 9.06. The second kappa shape index (κ2) is 8.30. The fourth-order valence-corrected chi connectivity index (χ4v) is 4.60. The quantitative estimate of drug-likeness (QED) is 0.460. The molecule has 1 aliphatic rings. The van der Waals surface area contributed by atoms with Crippen molar-refractivity contribution >= 4 is 28.4 Å². The minimum atomic E-state index is 0.595. The minimum Gasteiger partial charge on any atom is -0.384 e. The van der Waals surface area contributed by atoms with Crippen molar-refractivity contribution in [3.8, 4) is 0 Å². The second-order valence-corrected chi connectivity index (χ2v) is 8.09. The third-order valence-electron chi connectivity index (χ3n) is 5.40. The number of hydrogen-bond acceptors (Lipinski definition) is 5. The molecule has 5 nitrogen and oxygen atoms in total. The molecule has 1 N–H and O–H groups in total. The Morgan fingerprint density at radius 3 is 2.85 bits per heavy atom. The van der Waals surface area contributed by atoms with Crippen molar-refractivity contribution in [3.05, 3.63) is 41.9 Å². The monoisotopic (exact) mass is 381 g/mol. The van der Waals surface area contributed by atoms with Gasteiger partial charge in [0.05, 0.1) is 5.52 Å². The lowest BCUT2D eigenvalue weighted by Crippen LogP contribution is -2.12. The predicted octanol–water partition coefficient (Wildman–Crippen LogP) is 5.02. The summed E-state index contributed by atoms with van der Waals surface area (Å²) in [6.45, 7) is 3.04. The van der Waals surface area contributed by atoms with Gasteiger partial charge in [-0.1, -0.05) is 36.2 Å². The highest BCUT2D eigenvalue weighted by atomic mass is 32.2. The van der Waals surface area contributed by atoms with Gasteiger partial charge in [-0.2, -0.15) is 0 Å². The third kappa shape index (κ3) is 3.95. The van der Waals surface area contributed by atoms with E-state index in [2.05, 4.69) is 62.5 Å². The Hall–Kier alpha value is -2.08. The van der Waals surface area contributed by atoms with Gasteiger partial charge in [0.25, 0.3) is 0 Å². The molecule has 1 aromatic carbocycles. The van der Waals surface area contributed by atoms with Crippen molar-refractivity contribution in [2.45, 2.75) is 56.6 Å². The lowest BCUT2D eigenvalue weighted by atomic mass is 10.1. The molecule has 27 heavy (non-hydrogen) atoms. The van der Waals surface area contributed by atoms with E-state index in [1.54, 1.807) is 11.8 Å². The summed E-state index contributed by atoms with van der Waals surface area (Å²) >= 11 is 1.71. The molecule has 3 aromatic rings. The van der Waals surface area contributed by atoms with Gasteiger partial charge in [0.15, 0.2) is 5.16 Å². The van der Waals surface area contributed by atoms with Crippen molar-refractivity contribution in [1.82, 2.24) is 19.7 Å². The normalized spacial score (nSPS) is 14.9. The number of thioether (sulfide) groups is 1. The Morgan fingerprint density at radius 1 is 1.19 bits per heavy atom. The zero-order chi connectivity index (χ0) is 18.6. The summed E-state index contributed by atoms with van der Waals surface area (Å²) in [5, 5.41) is 14.8. The molecule has 0 unspecified atom stereocenters. The van der Waals surface area contributed by atoms with Crippen molar-refractivity contribution < 1.29 is 0 Å². The van der Waals surface area contributed by atoms with E-state index in [4.69, 9.17) is 0 Å². The lowest BCUT2D eigenvalue weighted by molar-refractivity contribution is 0.461. The Labute approximate surface area is 165 Å². The van der Waals surface area contributed by atoms with E-state index in [-0.39, 0.29) is 0 Å². The molecule has 0 aliphatic heterocycles.